The molecule has 0 saturated carbocycles. The van der Waals surface area contributed by atoms with Crippen molar-refractivity contribution in [2.45, 2.75) is 11.3 Å². The minimum atomic E-state index is -3.96. The van der Waals surface area contributed by atoms with Crippen LogP contribution >= 0.6 is 0 Å². The second kappa shape index (κ2) is 8.60. The molecule has 1 amide bonds. The van der Waals surface area contributed by atoms with Gasteiger partial charge in [0.25, 0.3) is 10.0 Å². The van der Waals surface area contributed by atoms with Gasteiger partial charge < -0.3 is 10.1 Å². The van der Waals surface area contributed by atoms with Gasteiger partial charge in [0.1, 0.15) is 0 Å². The first-order valence-corrected chi connectivity index (χ1v) is 11.9. The highest BCUT2D eigenvalue weighted by atomic mass is 32.2. The summed E-state index contributed by atoms with van der Waals surface area (Å²) in [6.07, 6.45) is 4.56. The van der Waals surface area contributed by atoms with Gasteiger partial charge in [-0.25, -0.2) is 22.2 Å². The highest BCUT2D eigenvalue weighted by Crippen LogP contribution is 2.34. The standard InChI is InChI=1S/C23H20N6O4S/c1-33-23(30)25-12-9-16-14-19-18(20-15-27-29-21(20)8-5-11-26-29)10-13-24-22(19)28(16)34(31,32)17-6-3-2-4-7-17/h2-8,10-11,13-15H,9,12H2,1H3,(H,25,30). The van der Waals surface area contributed by atoms with Crippen molar-refractivity contribution in [3.63, 3.8) is 0 Å². The lowest BCUT2D eigenvalue weighted by molar-refractivity contribution is 0.171. The molecule has 0 saturated heterocycles. The zero-order valence-corrected chi connectivity index (χ0v) is 18.9. The van der Waals surface area contributed by atoms with Crippen molar-refractivity contribution >= 4 is 32.7 Å². The Morgan fingerprint density at radius 1 is 1.03 bits per heavy atom. The average Bonchev–Trinajstić information content (AvgIpc) is 3.46. The molecule has 1 aromatic carbocycles. The van der Waals surface area contributed by atoms with Gasteiger partial charge in [-0.15, -0.1) is 0 Å². The van der Waals surface area contributed by atoms with E-state index in [1.165, 1.54) is 15.7 Å². The number of ether oxygens (including phenoxy) is 1. The molecule has 5 aromatic rings. The molecule has 5 rings (SSSR count). The molecule has 0 fully saturated rings. The van der Waals surface area contributed by atoms with E-state index >= 15 is 0 Å². The molecule has 0 aliphatic heterocycles. The Morgan fingerprint density at radius 2 is 1.85 bits per heavy atom. The second-order valence-corrected chi connectivity index (χ2v) is 9.23. The van der Waals surface area contributed by atoms with Gasteiger partial charge in [-0.2, -0.15) is 14.8 Å². The van der Waals surface area contributed by atoms with Crippen LogP contribution in [0, 0.1) is 0 Å². The fourth-order valence-corrected chi connectivity index (χ4v) is 5.45. The zero-order valence-electron chi connectivity index (χ0n) is 18.1. The number of fused-ring (bicyclic) bond motifs is 2. The minimum Gasteiger partial charge on any atom is -0.453 e. The van der Waals surface area contributed by atoms with E-state index in [1.54, 1.807) is 55.0 Å². The number of rotatable bonds is 6. The predicted molar refractivity (Wildman–Crippen MR) is 125 cm³/mol. The summed E-state index contributed by atoms with van der Waals surface area (Å²) >= 11 is 0. The van der Waals surface area contributed by atoms with Crippen LogP contribution in [0.5, 0.6) is 0 Å². The Bertz CT molecular complexity index is 1610. The van der Waals surface area contributed by atoms with Crippen LogP contribution in [0.25, 0.3) is 27.7 Å². The third kappa shape index (κ3) is 3.65. The molecule has 172 valence electrons. The largest absolute Gasteiger partial charge is 0.453 e. The van der Waals surface area contributed by atoms with E-state index in [-0.39, 0.29) is 23.5 Å². The number of benzene rings is 1. The smallest absolute Gasteiger partial charge is 0.406 e. The lowest BCUT2D eigenvalue weighted by atomic mass is 10.1. The van der Waals surface area contributed by atoms with Crippen LogP contribution in [-0.4, -0.2) is 51.9 Å². The fourth-order valence-electron chi connectivity index (χ4n) is 3.91. The summed E-state index contributed by atoms with van der Waals surface area (Å²) in [5.41, 5.74) is 3.12. The summed E-state index contributed by atoms with van der Waals surface area (Å²) in [6.45, 7) is 0.184. The summed E-state index contributed by atoms with van der Waals surface area (Å²) in [5, 5.41) is 11.8. The first-order valence-electron chi connectivity index (χ1n) is 10.4. The number of nitrogens with one attached hydrogen (secondary N) is 1. The van der Waals surface area contributed by atoms with Gasteiger partial charge in [0.05, 0.1) is 23.7 Å². The molecule has 0 atom stereocenters. The van der Waals surface area contributed by atoms with Crippen molar-refractivity contribution in [3.8, 4) is 11.1 Å². The number of hydrogen-bond donors (Lipinski definition) is 1. The third-order valence-corrected chi connectivity index (χ3v) is 7.20. The highest BCUT2D eigenvalue weighted by Gasteiger charge is 2.25. The lowest BCUT2D eigenvalue weighted by Gasteiger charge is -2.12. The molecule has 10 nitrogen and oxygen atoms in total. The molecule has 0 aliphatic carbocycles. The molecule has 4 aromatic heterocycles. The zero-order chi connectivity index (χ0) is 23.7. The third-order valence-electron chi connectivity index (χ3n) is 5.44. The molecular formula is C23H20N6O4S. The van der Waals surface area contributed by atoms with Gasteiger partial charge in [-0.1, -0.05) is 18.2 Å². The number of aromatic nitrogens is 5. The van der Waals surface area contributed by atoms with E-state index in [4.69, 9.17) is 0 Å². The summed E-state index contributed by atoms with van der Waals surface area (Å²) in [7, 11) is -2.69. The molecule has 11 heteroatoms. The van der Waals surface area contributed by atoms with Crippen LogP contribution in [0.4, 0.5) is 4.79 Å². The Kier molecular flexibility index (Phi) is 5.46. The summed E-state index contributed by atoms with van der Waals surface area (Å²) in [4.78, 5) is 16.1. The van der Waals surface area contributed by atoms with Crippen molar-refractivity contribution in [2.75, 3.05) is 13.7 Å². The van der Waals surface area contributed by atoms with E-state index in [1.807, 2.05) is 18.2 Å². The van der Waals surface area contributed by atoms with Crippen molar-refractivity contribution in [1.82, 2.24) is 29.1 Å². The second-order valence-electron chi connectivity index (χ2n) is 7.44. The first kappa shape index (κ1) is 21.6. The Morgan fingerprint density at radius 3 is 2.65 bits per heavy atom. The lowest BCUT2D eigenvalue weighted by Crippen LogP contribution is -2.26. The van der Waals surface area contributed by atoms with Crippen LogP contribution in [-0.2, 0) is 21.2 Å². The fraction of sp³-hybridized carbons (Fsp3) is 0.130. The van der Waals surface area contributed by atoms with Gasteiger partial charge in [0.15, 0.2) is 5.65 Å². The van der Waals surface area contributed by atoms with Gasteiger partial charge in [0.2, 0.25) is 0 Å². The summed E-state index contributed by atoms with van der Waals surface area (Å²) in [5.74, 6) is 0. The van der Waals surface area contributed by atoms with Crippen molar-refractivity contribution in [3.05, 3.63) is 78.9 Å². The number of carbonyl (C=O) groups excluding carboxylic acids is 1. The number of nitrogens with zero attached hydrogens (tertiary/aromatic N) is 5. The number of amides is 1. The normalized spacial score (nSPS) is 11.7. The number of methoxy groups -OCH3 is 1. The molecule has 34 heavy (non-hydrogen) atoms. The van der Waals surface area contributed by atoms with E-state index < -0.39 is 16.1 Å². The first-order chi connectivity index (χ1) is 16.5. The Balaban J connectivity index is 1.71. The number of hydrogen-bond acceptors (Lipinski definition) is 7. The van der Waals surface area contributed by atoms with Crippen LogP contribution in [0.3, 0.4) is 0 Å². The maximum Gasteiger partial charge on any atom is 0.406 e. The topological polar surface area (TPSA) is 120 Å². The molecule has 0 bridgehead atoms. The van der Waals surface area contributed by atoms with E-state index in [0.717, 1.165) is 16.6 Å². The minimum absolute atomic E-state index is 0.141. The SMILES string of the molecule is COC(=O)NCCc1cc2c(-c3cnn4ncccc34)ccnc2n1S(=O)(=O)c1ccccc1. The highest BCUT2D eigenvalue weighted by molar-refractivity contribution is 7.90. The molecule has 0 aliphatic rings. The molecule has 0 unspecified atom stereocenters. The predicted octanol–water partition coefficient (Wildman–Crippen LogP) is 2.88. The molecule has 4 heterocycles. The van der Waals surface area contributed by atoms with E-state index in [9.17, 15) is 13.2 Å². The molecule has 1 N–H and O–H groups in total. The molecule has 0 spiro atoms. The van der Waals surface area contributed by atoms with E-state index in [2.05, 4.69) is 25.2 Å². The van der Waals surface area contributed by atoms with Crippen molar-refractivity contribution in [2.24, 2.45) is 0 Å². The van der Waals surface area contributed by atoms with Crippen LogP contribution in [0.15, 0.2) is 78.1 Å². The van der Waals surface area contributed by atoms with Crippen LogP contribution in [0.1, 0.15) is 5.69 Å². The number of pyridine rings is 1. The number of carbonyl (C=O) groups is 1. The van der Waals surface area contributed by atoms with Crippen molar-refractivity contribution in [1.29, 1.82) is 0 Å². The monoisotopic (exact) mass is 476 g/mol. The van der Waals surface area contributed by atoms with Gasteiger partial charge in [-0.3, -0.25) is 0 Å². The number of alkyl carbamates (subject to hydrolysis) is 1. The van der Waals surface area contributed by atoms with Crippen LogP contribution in [0.2, 0.25) is 0 Å². The maximum atomic E-state index is 13.7. The van der Waals surface area contributed by atoms with Crippen molar-refractivity contribution < 1.29 is 17.9 Å². The molecule has 0 radical (unpaired) electrons. The summed E-state index contributed by atoms with van der Waals surface area (Å²) < 4.78 is 34.7. The summed E-state index contributed by atoms with van der Waals surface area (Å²) in [6, 6.07) is 15.5. The Hall–Kier alpha value is -4.25. The quantitative estimate of drug-likeness (QED) is 0.400. The van der Waals surface area contributed by atoms with Gasteiger partial charge in [-0.05, 0) is 42.0 Å². The van der Waals surface area contributed by atoms with Gasteiger partial charge >= 0.3 is 6.09 Å². The van der Waals surface area contributed by atoms with Gasteiger partial charge in [0, 0.05) is 42.0 Å². The average molecular weight is 477 g/mol. The van der Waals surface area contributed by atoms with E-state index in [0.29, 0.717) is 11.1 Å². The van der Waals surface area contributed by atoms with Crippen LogP contribution < -0.4 is 5.32 Å². The molecular weight excluding hydrogens is 456 g/mol. The maximum absolute atomic E-state index is 13.7. The Labute approximate surface area is 194 Å².